The number of aryl methyl sites for hydroxylation is 1. The van der Waals surface area contributed by atoms with Crippen LogP contribution in [0.1, 0.15) is 45.6 Å². The lowest BCUT2D eigenvalue weighted by Crippen LogP contribution is -2.20. The van der Waals surface area contributed by atoms with Crippen LogP contribution in [0.3, 0.4) is 0 Å². The predicted octanol–water partition coefficient (Wildman–Crippen LogP) is 6.14. The highest BCUT2D eigenvalue weighted by Gasteiger charge is 2.30. The molecule has 1 N–H and O–H groups in total. The van der Waals surface area contributed by atoms with E-state index in [0.29, 0.717) is 17.0 Å². The average Bonchev–Trinajstić information content (AvgIpc) is 2.70. The fourth-order valence-corrected chi connectivity index (χ4v) is 2.68. The van der Waals surface area contributed by atoms with E-state index in [-0.39, 0.29) is 5.56 Å². The van der Waals surface area contributed by atoms with Gasteiger partial charge in [-0.2, -0.15) is 13.2 Å². The Bertz CT molecular complexity index is 1120. The molecule has 3 aromatic rings. The smallest absolute Gasteiger partial charge is 0.310 e. The molecule has 3 aromatic carbocycles. The lowest BCUT2D eigenvalue weighted by molar-refractivity contribution is -0.137. The normalized spacial score (nSPS) is 18.7. The molecule has 0 aromatic heterocycles. The number of alkyl halides is 3. The number of fused-ring (bicyclic) bond motifs is 1. The molecule has 0 unspecified atom stereocenters. The van der Waals surface area contributed by atoms with Crippen LogP contribution in [0.4, 0.5) is 13.2 Å². The van der Waals surface area contributed by atoms with E-state index in [1.54, 1.807) is 42.5 Å². The molecule has 0 saturated heterocycles. The second-order valence-electron chi connectivity index (χ2n) is 5.75. The molecule has 0 aliphatic carbocycles. The van der Waals surface area contributed by atoms with Gasteiger partial charge < -0.3 is 5.32 Å². The van der Waals surface area contributed by atoms with E-state index in [4.69, 9.17) is 9.60 Å². The lowest BCUT2D eigenvalue weighted by Gasteiger charge is -2.17. The first-order valence-electron chi connectivity index (χ1n) is 11.5. The summed E-state index contributed by atoms with van der Waals surface area (Å²) in [5, 5.41) is 3.78. The largest absolute Gasteiger partial charge is 0.416 e. The van der Waals surface area contributed by atoms with Crippen molar-refractivity contribution in [3.05, 3.63) is 83.4 Å². The van der Waals surface area contributed by atoms with Crippen LogP contribution in [0.15, 0.2) is 66.7 Å². The van der Waals surface area contributed by atoms with Gasteiger partial charge in [-0.3, -0.25) is 0 Å². The van der Waals surface area contributed by atoms with Gasteiger partial charge in [-0.25, -0.2) is 0 Å². The Morgan fingerprint density at radius 2 is 1.81 bits per heavy atom. The second kappa shape index (κ2) is 7.92. The molecule has 0 aliphatic heterocycles. The summed E-state index contributed by atoms with van der Waals surface area (Å²) in [6.07, 6.45) is -8.08. The van der Waals surface area contributed by atoms with Crippen LogP contribution in [-0.4, -0.2) is 6.50 Å². The van der Waals surface area contributed by atoms with Gasteiger partial charge in [0.25, 0.3) is 0 Å². The summed E-state index contributed by atoms with van der Waals surface area (Å²) in [5.74, 6) is 0. The molecular formula is C22H22F3N. The van der Waals surface area contributed by atoms with E-state index in [1.807, 2.05) is 0 Å². The molecule has 0 radical (unpaired) electrons. The Kier molecular flexibility index (Phi) is 3.47. The van der Waals surface area contributed by atoms with Crippen LogP contribution in [0, 0.1) is 0 Å². The lowest BCUT2D eigenvalue weighted by atomic mass is 9.99. The Hall–Kier alpha value is -2.33. The quantitative estimate of drug-likeness (QED) is 0.554. The third-order valence-electron chi connectivity index (χ3n) is 3.95. The first-order valence-corrected chi connectivity index (χ1v) is 8.03. The minimum absolute atomic E-state index is 0.316. The van der Waals surface area contributed by atoms with Crippen molar-refractivity contribution in [2.45, 2.75) is 31.9 Å². The molecule has 4 heteroatoms. The molecule has 0 aliphatic rings. The molecule has 0 heterocycles. The van der Waals surface area contributed by atoms with Crippen molar-refractivity contribution >= 4 is 10.8 Å². The van der Waals surface area contributed by atoms with Crippen LogP contribution in [0.5, 0.6) is 0 Å². The van der Waals surface area contributed by atoms with Gasteiger partial charge in [-0.1, -0.05) is 60.7 Å². The fraction of sp³-hybridized carbons (Fsp3) is 0.273. The summed E-state index contributed by atoms with van der Waals surface area (Å²) in [6, 6.07) is 14.2. The molecule has 0 bridgehead atoms. The van der Waals surface area contributed by atoms with E-state index in [1.165, 1.54) is 0 Å². The predicted molar refractivity (Wildman–Crippen MR) is 100 cm³/mol. The van der Waals surface area contributed by atoms with Gasteiger partial charge in [-0.15, -0.1) is 0 Å². The summed E-state index contributed by atoms with van der Waals surface area (Å²) in [4.78, 5) is 0. The van der Waals surface area contributed by atoms with Crippen molar-refractivity contribution in [2.24, 2.45) is 0 Å². The van der Waals surface area contributed by atoms with Crippen LogP contribution < -0.4 is 5.32 Å². The van der Waals surface area contributed by atoms with Crippen molar-refractivity contribution in [1.29, 1.82) is 0 Å². The van der Waals surface area contributed by atoms with Gasteiger partial charge in [-0.05, 0) is 54.1 Å². The standard InChI is InChI=1S/C22H22F3N/c1-16(20-13-5-10-18-9-2-3-12-21(18)20)26-14-6-8-17-7-4-11-19(15-17)22(23,24)25/h2-5,7,9-13,15-16,26H,6,8,14H2,1H3/t16-/m1/s1/i1D3,8D2,14D2. The SMILES string of the molecule is [2H]C([2H])(CC([2H])([2H])c1cccc(C(F)(F)F)c1)N[C@@H](c1cccc2ccccc12)C([2H])([2H])[2H]. The summed E-state index contributed by atoms with van der Waals surface area (Å²) >= 11 is 0. The minimum atomic E-state index is -4.68. The van der Waals surface area contributed by atoms with E-state index in [0.717, 1.165) is 23.6 Å². The topological polar surface area (TPSA) is 12.0 Å². The van der Waals surface area contributed by atoms with Crippen LogP contribution in [-0.2, 0) is 12.5 Å². The number of nitrogens with one attached hydrogen (secondary N) is 1. The van der Waals surface area contributed by atoms with Gasteiger partial charge in [0.15, 0.2) is 0 Å². The summed E-state index contributed by atoms with van der Waals surface area (Å²) < 4.78 is 96.1. The Labute approximate surface area is 161 Å². The van der Waals surface area contributed by atoms with Crippen molar-refractivity contribution in [3.8, 4) is 0 Å². The van der Waals surface area contributed by atoms with Crippen LogP contribution in [0.2, 0.25) is 0 Å². The summed E-state index contributed by atoms with van der Waals surface area (Å²) in [5.41, 5.74) is -1.08. The molecule has 3 rings (SSSR count). The van der Waals surface area contributed by atoms with E-state index in [2.05, 4.69) is 5.32 Å². The van der Waals surface area contributed by atoms with Gasteiger partial charge in [0, 0.05) is 15.6 Å². The number of benzene rings is 3. The number of rotatable bonds is 6. The molecule has 0 fully saturated rings. The maximum absolute atomic E-state index is 13.0. The Morgan fingerprint density at radius 1 is 1.04 bits per heavy atom. The summed E-state index contributed by atoms with van der Waals surface area (Å²) in [7, 11) is 0. The van der Waals surface area contributed by atoms with Gasteiger partial charge in [0.1, 0.15) is 0 Å². The molecule has 1 nitrogen and oxygen atoms in total. The average molecular weight is 364 g/mol. The zero-order chi connectivity index (χ0) is 24.7. The Morgan fingerprint density at radius 3 is 2.62 bits per heavy atom. The first-order chi connectivity index (χ1) is 15.1. The number of hydrogen-bond acceptors (Lipinski definition) is 1. The monoisotopic (exact) mass is 364 g/mol. The zero-order valence-corrected chi connectivity index (χ0v) is 13.8. The highest BCUT2D eigenvalue weighted by molar-refractivity contribution is 5.86. The van der Waals surface area contributed by atoms with Crippen molar-refractivity contribution in [2.75, 3.05) is 6.50 Å². The Balaban J connectivity index is 1.94. The molecular weight excluding hydrogens is 335 g/mol. The highest BCUT2D eigenvalue weighted by atomic mass is 19.4. The first kappa shape index (κ1) is 11.4. The van der Waals surface area contributed by atoms with Crippen molar-refractivity contribution in [3.63, 3.8) is 0 Å². The molecule has 0 amide bonds. The number of hydrogen-bond donors (Lipinski definition) is 1. The molecule has 0 saturated carbocycles. The van der Waals surface area contributed by atoms with Crippen LogP contribution in [0.25, 0.3) is 10.8 Å². The third kappa shape index (κ3) is 4.44. The minimum Gasteiger partial charge on any atom is -0.310 e. The molecule has 0 spiro atoms. The number of halogens is 3. The second-order valence-corrected chi connectivity index (χ2v) is 5.75. The van der Waals surface area contributed by atoms with Gasteiger partial charge in [0.05, 0.1) is 5.56 Å². The van der Waals surface area contributed by atoms with Crippen LogP contribution >= 0.6 is 0 Å². The third-order valence-corrected chi connectivity index (χ3v) is 3.95. The van der Waals surface area contributed by atoms with Gasteiger partial charge >= 0.3 is 6.18 Å². The van der Waals surface area contributed by atoms with Crippen molar-refractivity contribution in [1.82, 2.24) is 5.32 Å². The fourth-order valence-electron chi connectivity index (χ4n) is 2.68. The van der Waals surface area contributed by atoms with Gasteiger partial charge in [0.2, 0.25) is 0 Å². The molecule has 136 valence electrons. The molecule has 1 atom stereocenters. The maximum Gasteiger partial charge on any atom is 0.416 e. The highest BCUT2D eigenvalue weighted by Crippen LogP contribution is 2.29. The molecule has 26 heavy (non-hydrogen) atoms. The van der Waals surface area contributed by atoms with E-state index < -0.39 is 43.9 Å². The maximum atomic E-state index is 13.0. The van der Waals surface area contributed by atoms with E-state index in [9.17, 15) is 13.2 Å². The summed E-state index contributed by atoms with van der Waals surface area (Å²) in [6.45, 7) is -5.24. The van der Waals surface area contributed by atoms with Crippen molar-refractivity contribution < 1.29 is 22.8 Å². The zero-order valence-electron chi connectivity index (χ0n) is 20.8. The van der Waals surface area contributed by atoms with E-state index >= 15 is 0 Å².